The Morgan fingerprint density at radius 1 is 1.00 bits per heavy atom. The number of nitrogens with zero attached hydrogens (tertiary/aromatic N) is 1. The molecule has 1 fully saturated rings. The maximum Gasteiger partial charge on any atom is 0.266 e. The molecule has 2 aromatic rings. The van der Waals surface area contributed by atoms with Crippen molar-refractivity contribution in [3.05, 3.63) is 64.7 Å². The summed E-state index contributed by atoms with van der Waals surface area (Å²) in [6, 6.07) is 11.3. The smallest absolute Gasteiger partial charge is 0.266 e. The Morgan fingerprint density at radius 2 is 1.72 bits per heavy atom. The average Bonchev–Trinajstić information content (AvgIpc) is 2.98. The van der Waals surface area contributed by atoms with Gasteiger partial charge in [-0.1, -0.05) is 30.3 Å². The number of nitrogens with one attached hydrogen (secondary N) is 1. The molecule has 29 heavy (non-hydrogen) atoms. The zero-order chi connectivity index (χ0) is 20.5. The molecular formula is C21H19N3O5. The molecule has 2 aliphatic heterocycles. The lowest BCUT2D eigenvalue weighted by atomic mass is 10.0. The molecule has 1 atom stereocenters. The molecule has 1 saturated heterocycles. The Hall–Kier alpha value is -3.52. The van der Waals surface area contributed by atoms with Gasteiger partial charge in [0.25, 0.3) is 11.8 Å². The number of nitrogens with two attached hydrogens (primary N) is 1. The minimum atomic E-state index is -1.00. The summed E-state index contributed by atoms with van der Waals surface area (Å²) in [7, 11) is 0. The molecule has 1 unspecified atom stereocenters. The van der Waals surface area contributed by atoms with E-state index in [9.17, 15) is 19.2 Å². The molecule has 2 heterocycles. The molecule has 0 aromatic heterocycles. The van der Waals surface area contributed by atoms with Gasteiger partial charge in [-0.25, -0.2) is 0 Å². The van der Waals surface area contributed by atoms with E-state index in [1.54, 1.807) is 12.1 Å². The van der Waals surface area contributed by atoms with E-state index in [1.807, 2.05) is 24.3 Å². The molecule has 148 valence electrons. The molecule has 0 radical (unpaired) electrons. The molecule has 8 nitrogen and oxygen atoms in total. The average molecular weight is 393 g/mol. The number of fused-ring (bicyclic) bond motifs is 1. The van der Waals surface area contributed by atoms with Gasteiger partial charge in [0.05, 0.1) is 11.1 Å². The number of ether oxygens (including phenoxy) is 1. The number of imide groups is 2. The number of hydrogen-bond donors (Lipinski definition) is 2. The van der Waals surface area contributed by atoms with Gasteiger partial charge in [0.2, 0.25) is 11.8 Å². The van der Waals surface area contributed by atoms with Crippen LogP contribution in [0, 0.1) is 0 Å². The summed E-state index contributed by atoms with van der Waals surface area (Å²) in [5.74, 6) is -1.92. The standard InChI is InChI=1S/C21H19N3O5/c22-10-12-4-6-13(7-5-12)11-29-16-3-1-2-14-18(16)21(28)24(20(14)27)15-8-9-17(25)23-19(15)26/h1-7,15H,8-11,22H2,(H,23,25,26). The van der Waals surface area contributed by atoms with Gasteiger partial charge in [-0.05, 0) is 29.7 Å². The lowest BCUT2D eigenvalue weighted by Gasteiger charge is -2.27. The Bertz CT molecular complexity index is 1020. The second-order valence-corrected chi connectivity index (χ2v) is 6.94. The second kappa shape index (κ2) is 7.48. The van der Waals surface area contributed by atoms with Gasteiger partial charge in [-0.15, -0.1) is 0 Å². The number of hydrogen-bond acceptors (Lipinski definition) is 6. The molecule has 0 aliphatic carbocycles. The first-order valence-corrected chi connectivity index (χ1v) is 9.25. The fraction of sp³-hybridized carbons (Fsp3) is 0.238. The van der Waals surface area contributed by atoms with Crippen molar-refractivity contribution < 1.29 is 23.9 Å². The number of benzene rings is 2. The molecule has 0 bridgehead atoms. The Kier molecular flexibility index (Phi) is 4.85. The fourth-order valence-electron chi connectivity index (χ4n) is 3.54. The largest absolute Gasteiger partial charge is 0.488 e. The summed E-state index contributed by atoms with van der Waals surface area (Å²) in [5.41, 5.74) is 7.81. The highest BCUT2D eigenvalue weighted by atomic mass is 16.5. The van der Waals surface area contributed by atoms with Gasteiger partial charge in [0, 0.05) is 13.0 Å². The third-order valence-corrected chi connectivity index (χ3v) is 5.08. The number of carbonyl (C=O) groups excluding carboxylic acids is 4. The summed E-state index contributed by atoms with van der Waals surface area (Å²) in [6.45, 7) is 0.654. The zero-order valence-electron chi connectivity index (χ0n) is 15.5. The van der Waals surface area contributed by atoms with Crippen molar-refractivity contribution in [1.82, 2.24) is 10.2 Å². The third kappa shape index (κ3) is 3.38. The number of rotatable bonds is 5. The fourth-order valence-corrected chi connectivity index (χ4v) is 3.54. The van der Waals surface area contributed by atoms with Crippen molar-refractivity contribution in [2.75, 3.05) is 0 Å². The highest BCUT2D eigenvalue weighted by Crippen LogP contribution is 2.33. The van der Waals surface area contributed by atoms with E-state index in [1.165, 1.54) is 6.07 Å². The first kappa shape index (κ1) is 18.8. The molecular weight excluding hydrogens is 374 g/mol. The molecule has 2 aromatic carbocycles. The molecule has 2 aliphatic rings. The Balaban J connectivity index is 1.57. The summed E-state index contributed by atoms with van der Waals surface area (Å²) >= 11 is 0. The van der Waals surface area contributed by atoms with Gasteiger partial charge in [-0.3, -0.25) is 29.4 Å². The number of piperidine rings is 1. The molecule has 0 saturated carbocycles. The van der Waals surface area contributed by atoms with Gasteiger partial charge < -0.3 is 10.5 Å². The molecule has 4 amide bonds. The van der Waals surface area contributed by atoms with Crippen molar-refractivity contribution in [1.29, 1.82) is 0 Å². The van der Waals surface area contributed by atoms with Crippen LogP contribution in [0.1, 0.15) is 44.7 Å². The summed E-state index contributed by atoms with van der Waals surface area (Å²) < 4.78 is 5.82. The van der Waals surface area contributed by atoms with E-state index in [0.717, 1.165) is 16.0 Å². The highest BCUT2D eigenvalue weighted by molar-refractivity contribution is 6.24. The van der Waals surface area contributed by atoms with Gasteiger partial charge in [0.1, 0.15) is 18.4 Å². The van der Waals surface area contributed by atoms with Crippen molar-refractivity contribution in [2.24, 2.45) is 5.73 Å². The molecule has 3 N–H and O–H groups in total. The molecule has 8 heteroatoms. The van der Waals surface area contributed by atoms with Crippen LogP contribution >= 0.6 is 0 Å². The summed E-state index contributed by atoms with van der Waals surface area (Å²) in [5, 5.41) is 2.18. The monoisotopic (exact) mass is 393 g/mol. The van der Waals surface area contributed by atoms with E-state index < -0.39 is 29.7 Å². The number of carbonyl (C=O) groups is 4. The first-order valence-electron chi connectivity index (χ1n) is 9.25. The lowest BCUT2D eigenvalue weighted by molar-refractivity contribution is -0.136. The lowest BCUT2D eigenvalue weighted by Crippen LogP contribution is -2.54. The van der Waals surface area contributed by atoms with E-state index >= 15 is 0 Å². The third-order valence-electron chi connectivity index (χ3n) is 5.08. The van der Waals surface area contributed by atoms with Gasteiger partial charge >= 0.3 is 0 Å². The van der Waals surface area contributed by atoms with Crippen molar-refractivity contribution in [3.8, 4) is 5.75 Å². The van der Waals surface area contributed by atoms with E-state index in [0.29, 0.717) is 6.54 Å². The van der Waals surface area contributed by atoms with Crippen LogP contribution in [0.15, 0.2) is 42.5 Å². The quantitative estimate of drug-likeness (QED) is 0.735. The topological polar surface area (TPSA) is 119 Å². The SMILES string of the molecule is NCc1ccc(COc2cccc3c2C(=O)N(C2CCC(=O)NC2=O)C3=O)cc1. The number of amides is 4. The first-order chi connectivity index (χ1) is 14.0. The zero-order valence-corrected chi connectivity index (χ0v) is 15.5. The van der Waals surface area contributed by atoms with Crippen LogP contribution < -0.4 is 15.8 Å². The van der Waals surface area contributed by atoms with Crippen molar-refractivity contribution >= 4 is 23.6 Å². The minimum absolute atomic E-state index is 0.0754. The van der Waals surface area contributed by atoms with E-state index in [2.05, 4.69) is 5.32 Å². The van der Waals surface area contributed by atoms with Crippen molar-refractivity contribution in [2.45, 2.75) is 32.0 Å². The van der Waals surface area contributed by atoms with Crippen LogP contribution in [0.2, 0.25) is 0 Å². The normalized spacial score (nSPS) is 18.7. The molecule has 4 rings (SSSR count). The van der Waals surface area contributed by atoms with E-state index in [-0.39, 0.29) is 36.3 Å². The van der Waals surface area contributed by atoms with Crippen molar-refractivity contribution in [3.63, 3.8) is 0 Å². The van der Waals surface area contributed by atoms with Crippen LogP contribution in [0.4, 0.5) is 0 Å². The maximum atomic E-state index is 13.0. The van der Waals surface area contributed by atoms with Crippen LogP contribution in [0.5, 0.6) is 5.75 Å². The van der Waals surface area contributed by atoms with Crippen LogP contribution in [-0.4, -0.2) is 34.6 Å². The predicted molar refractivity (Wildman–Crippen MR) is 102 cm³/mol. The second-order valence-electron chi connectivity index (χ2n) is 6.94. The van der Waals surface area contributed by atoms with Gasteiger partial charge in [0.15, 0.2) is 0 Å². The van der Waals surface area contributed by atoms with Gasteiger partial charge in [-0.2, -0.15) is 0 Å². The van der Waals surface area contributed by atoms with Crippen LogP contribution in [0.25, 0.3) is 0 Å². The predicted octanol–water partition coefficient (Wildman–Crippen LogP) is 1.13. The summed E-state index contributed by atoms with van der Waals surface area (Å²) in [4.78, 5) is 50.3. The van der Waals surface area contributed by atoms with Crippen LogP contribution in [-0.2, 0) is 22.7 Å². The maximum absolute atomic E-state index is 13.0. The Morgan fingerprint density at radius 3 is 2.41 bits per heavy atom. The molecule has 0 spiro atoms. The van der Waals surface area contributed by atoms with Crippen LogP contribution in [0.3, 0.4) is 0 Å². The Labute approximate surface area is 166 Å². The van der Waals surface area contributed by atoms with E-state index in [4.69, 9.17) is 10.5 Å². The summed E-state index contributed by atoms with van der Waals surface area (Å²) in [6.07, 6.45) is 0.186. The highest BCUT2D eigenvalue weighted by Gasteiger charge is 2.45. The minimum Gasteiger partial charge on any atom is -0.488 e.